The zero-order valence-electron chi connectivity index (χ0n) is 9.71. The van der Waals surface area contributed by atoms with Crippen molar-refractivity contribution in [3.05, 3.63) is 0 Å². The number of piperidine rings is 1. The summed E-state index contributed by atoms with van der Waals surface area (Å²) in [5.74, 6) is 0.760. The Morgan fingerprint density at radius 2 is 2.21 bits per heavy atom. The summed E-state index contributed by atoms with van der Waals surface area (Å²) in [6.07, 6.45) is 2.62. The van der Waals surface area contributed by atoms with Crippen molar-refractivity contribution in [1.82, 2.24) is 10.2 Å². The highest BCUT2D eigenvalue weighted by Crippen LogP contribution is 2.12. The lowest BCUT2D eigenvalue weighted by atomic mass is 9.98. The molecular formula is C11H24N2O. The van der Waals surface area contributed by atoms with E-state index in [0.29, 0.717) is 0 Å². The van der Waals surface area contributed by atoms with Gasteiger partial charge in [0.1, 0.15) is 0 Å². The van der Waals surface area contributed by atoms with Crippen molar-refractivity contribution in [3.8, 4) is 0 Å². The maximum absolute atomic E-state index is 9.66. The summed E-state index contributed by atoms with van der Waals surface area (Å²) in [6.45, 7) is 7.88. The van der Waals surface area contributed by atoms with Crippen molar-refractivity contribution in [2.45, 2.75) is 32.3 Å². The lowest BCUT2D eigenvalue weighted by molar-refractivity contribution is 0.0390. The molecule has 14 heavy (non-hydrogen) atoms. The number of hydrogen-bond acceptors (Lipinski definition) is 3. The van der Waals surface area contributed by atoms with E-state index in [2.05, 4.69) is 17.3 Å². The van der Waals surface area contributed by atoms with Gasteiger partial charge in [-0.05, 0) is 52.7 Å². The molecule has 1 fully saturated rings. The molecule has 0 aliphatic carbocycles. The normalized spacial score (nSPS) is 24.2. The monoisotopic (exact) mass is 200 g/mol. The van der Waals surface area contributed by atoms with Crippen molar-refractivity contribution in [1.29, 1.82) is 0 Å². The quantitative estimate of drug-likeness (QED) is 0.701. The molecule has 0 aromatic heterocycles. The van der Waals surface area contributed by atoms with Gasteiger partial charge in [-0.25, -0.2) is 0 Å². The van der Waals surface area contributed by atoms with E-state index in [1.54, 1.807) is 0 Å². The third-order valence-corrected chi connectivity index (χ3v) is 2.63. The molecule has 1 unspecified atom stereocenters. The first-order valence-electron chi connectivity index (χ1n) is 5.59. The molecule has 3 heteroatoms. The molecule has 0 spiro atoms. The summed E-state index contributed by atoms with van der Waals surface area (Å²) in [5.41, 5.74) is -0.573. The summed E-state index contributed by atoms with van der Waals surface area (Å²) in [6, 6.07) is 0. The number of likely N-dealkylation sites (N-methyl/N-ethyl adjacent to an activating group) is 1. The minimum Gasteiger partial charge on any atom is -0.389 e. The number of nitrogens with one attached hydrogen (secondary N) is 1. The predicted octanol–water partition coefficient (Wildman–Crippen LogP) is 0.689. The first-order valence-corrected chi connectivity index (χ1v) is 5.59. The second-order valence-electron chi connectivity index (χ2n) is 5.22. The Balaban J connectivity index is 2.21. The number of rotatable bonds is 4. The van der Waals surface area contributed by atoms with E-state index in [1.807, 2.05) is 13.8 Å². The molecule has 0 amide bonds. The van der Waals surface area contributed by atoms with Crippen molar-refractivity contribution >= 4 is 0 Å². The van der Waals surface area contributed by atoms with E-state index in [9.17, 15) is 5.11 Å². The SMILES string of the molecule is CN(CC1CCCNC1)CC(C)(C)O. The van der Waals surface area contributed by atoms with Gasteiger partial charge in [0.05, 0.1) is 5.60 Å². The van der Waals surface area contributed by atoms with Gasteiger partial charge in [-0.1, -0.05) is 0 Å². The van der Waals surface area contributed by atoms with Crippen LogP contribution in [0.25, 0.3) is 0 Å². The Morgan fingerprint density at radius 3 is 2.71 bits per heavy atom. The minimum absolute atomic E-state index is 0.573. The maximum atomic E-state index is 9.66. The Bertz CT molecular complexity index is 159. The highest BCUT2D eigenvalue weighted by molar-refractivity contribution is 4.75. The number of nitrogens with zero attached hydrogens (tertiary/aromatic N) is 1. The van der Waals surface area contributed by atoms with E-state index in [4.69, 9.17) is 0 Å². The van der Waals surface area contributed by atoms with Crippen LogP contribution < -0.4 is 5.32 Å². The second-order valence-corrected chi connectivity index (χ2v) is 5.22. The van der Waals surface area contributed by atoms with Crippen molar-refractivity contribution in [3.63, 3.8) is 0 Å². The third kappa shape index (κ3) is 4.94. The van der Waals surface area contributed by atoms with Crippen LogP contribution in [0.4, 0.5) is 0 Å². The maximum Gasteiger partial charge on any atom is 0.0718 e. The lowest BCUT2D eigenvalue weighted by Crippen LogP contribution is -2.42. The molecule has 0 bridgehead atoms. The molecule has 0 radical (unpaired) electrons. The molecular weight excluding hydrogens is 176 g/mol. The fourth-order valence-electron chi connectivity index (χ4n) is 2.25. The summed E-state index contributed by atoms with van der Waals surface area (Å²) in [4.78, 5) is 2.23. The fraction of sp³-hybridized carbons (Fsp3) is 1.00. The van der Waals surface area contributed by atoms with Crippen LogP contribution in [-0.4, -0.2) is 48.8 Å². The molecule has 1 saturated heterocycles. The Morgan fingerprint density at radius 1 is 1.50 bits per heavy atom. The van der Waals surface area contributed by atoms with E-state index in [-0.39, 0.29) is 0 Å². The van der Waals surface area contributed by atoms with Crippen LogP contribution in [-0.2, 0) is 0 Å². The first kappa shape index (κ1) is 12.0. The smallest absolute Gasteiger partial charge is 0.0718 e. The molecule has 2 N–H and O–H groups in total. The first-order chi connectivity index (χ1) is 6.47. The van der Waals surface area contributed by atoms with Crippen LogP contribution in [0.3, 0.4) is 0 Å². The van der Waals surface area contributed by atoms with E-state index in [0.717, 1.165) is 25.6 Å². The highest BCUT2D eigenvalue weighted by atomic mass is 16.3. The standard InChI is InChI=1S/C11H24N2O/c1-11(2,14)9-13(3)8-10-5-4-6-12-7-10/h10,12,14H,4-9H2,1-3H3. The molecule has 1 heterocycles. The molecule has 84 valence electrons. The zero-order valence-corrected chi connectivity index (χ0v) is 9.71. The van der Waals surface area contributed by atoms with Crippen LogP contribution in [0, 0.1) is 5.92 Å². The van der Waals surface area contributed by atoms with Gasteiger partial charge < -0.3 is 15.3 Å². The molecule has 0 aromatic rings. The van der Waals surface area contributed by atoms with E-state index in [1.165, 1.54) is 19.4 Å². The summed E-state index contributed by atoms with van der Waals surface area (Å²) in [5, 5.41) is 13.1. The third-order valence-electron chi connectivity index (χ3n) is 2.63. The fourth-order valence-corrected chi connectivity index (χ4v) is 2.25. The number of hydrogen-bond donors (Lipinski definition) is 2. The summed E-state index contributed by atoms with van der Waals surface area (Å²) >= 11 is 0. The van der Waals surface area contributed by atoms with Crippen molar-refractivity contribution < 1.29 is 5.11 Å². The average molecular weight is 200 g/mol. The average Bonchev–Trinajstić information content (AvgIpc) is 2.02. The Hall–Kier alpha value is -0.120. The van der Waals surface area contributed by atoms with Gasteiger partial charge in [-0.15, -0.1) is 0 Å². The lowest BCUT2D eigenvalue weighted by Gasteiger charge is -2.30. The van der Waals surface area contributed by atoms with E-state index >= 15 is 0 Å². The number of aliphatic hydroxyl groups is 1. The molecule has 1 atom stereocenters. The molecule has 1 aliphatic heterocycles. The largest absolute Gasteiger partial charge is 0.389 e. The molecule has 3 nitrogen and oxygen atoms in total. The minimum atomic E-state index is -0.573. The van der Waals surface area contributed by atoms with E-state index < -0.39 is 5.60 Å². The highest BCUT2D eigenvalue weighted by Gasteiger charge is 2.19. The van der Waals surface area contributed by atoms with Crippen LogP contribution >= 0.6 is 0 Å². The molecule has 0 aromatic carbocycles. The van der Waals surface area contributed by atoms with Crippen LogP contribution in [0.2, 0.25) is 0 Å². The van der Waals surface area contributed by atoms with Crippen LogP contribution in [0.1, 0.15) is 26.7 Å². The van der Waals surface area contributed by atoms with Gasteiger partial charge in [-0.3, -0.25) is 0 Å². The topological polar surface area (TPSA) is 35.5 Å². The summed E-state index contributed by atoms with van der Waals surface area (Å²) in [7, 11) is 2.09. The van der Waals surface area contributed by atoms with Gasteiger partial charge >= 0.3 is 0 Å². The van der Waals surface area contributed by atoms with Gasteiger partial charge in [0.2, 0.25) is 0 Å². The Labute approximate surface area is 87.5 Å². The van der Waals surface area contributed by atoms with Gasteiger partial charge in [0, 0.05) is 13.1 Å². The van der Waals surface area contributed by atoms with Crippen molar-refractivity contribution in [2.75, 3.05) is 33.2 Å². The summed E-state index contributed by atoms with van der Waals surface area (Å²) < 4.78 is 0. The van der Waals surface area contributed by atoms with Crippen LogP contribution in [0.15, 0.2) is 0 Å². The van der Waals surface area contributed by atoms with Crippen LogP contribution in [0.5, 0.6) is 0 Å². The molecule has 1 aliphatic rings. The molecule has 1 rings (SSSR count). The zero-order chi connectivity index (χ0) is 10.6. The van der Waals surface area contributed by atoms with Crippen molar-refractivity contribution in [2.24, 2.45) is 5.92 Å². The van der Waals surface area contributed by atoms with Gasteiger partial charge in [0.15, 0.2) is 0 Å². The molecule has 0 saturated carbocycles. The Kier molecular flexibility index (Phi) is 4.35. The van der Waals surface area contributed by atoms with Gasteiger partial charge in [0.25, 0.3) is 0 Å². The van der Waals surface area contributed by atoms with Gasteiger partial charge in [-0.2, -0.15) is 0 Å². The predicted molar refractivity (Wildman–Crippen MR) is 59.4 cm³/mol. The second kappa shape index (κ2) is 5.10.